The first-order valence-electron chi connectivity index (χ1n) is 9.61. The van der Waals surface area contributed by atoms with E-state index in [0.29, 0.717) is 23.0 Å². The molecule has 2 aromatic carbocycles. The number of halogens is 1. The fraction of sp³-hybridized carbons (Fsp3) is 0.273. The van der Waals surface area contributed by atoms with Crippen molar-refractivity contribution in [3.05, 3.63) is 57.4 Å². The highest BCUT2D eigenvalue weighted by molar-refractivity contribution is 7.22. The molecule has 148 valence electrons. The quantitative estimate of drug-likeness (QED) is 0.397. The van der Waals surface area contributed by atoms with Gasteiger partial charge in [-0.3, -0.25) is 4.79 Å². The number of thiazole rings is 1. The SMILES string of the molecule is Cc1ccc2sc(N3CCN(C(=O)c4sc5ccccc5c4Cl)CC3)nc2c1C. The molecular formula is C22H20ClN3OS2. The second-order valence-electron chi connectivity index (χ2n) is 7.37. The molecule has 0 saturated carbocycles. The van der Waals surface area contributed by atoms with E-state index in [4.69, 9.17) is 16.6 Å². The Morgan fingerprint density at radius 3 is 2.52 bits per heavy atom. The molecule has 1 aliphatic rings. The molecule has 3 heterocycles. The van der Waals surface area contributed by atoms with Gasteiger partial charge in [0.05, 0.1) is 15.2 Å². The number of anilines is 1. The Kier molecular flexibility index (Phi) is 4.73. The van der Waals surface area contributed by atoms with Crippen molar-refractivity contribution in [1.82, 2.24) is 9.88 Å². The molecule has 29 heavy (non-hydrogen) atoms. The van der Waals surface area contributed by atoms with E-state index in [-0.39, 0.29) is 5.91 Å². The summed E-state index contributed by atoms with van der Waals surface area (Å²) >= 11 is 9.72. The smallest absolute Gasteiger partial charge is 0.265 e. The Morgan fingerprint density at radius 2 is 1.76 bits per heavy atom. The van der Waals surface area contributed by atoms with Crippen LogP contribution in [0.5, 0.6) is 0 Å². The third-order valence-corrected chi connectivity index (χ3v) is 8.38. The van der Waals surface area contributed by atoms with Gasteiger partial charge in [-0.25, -0.2) is 4.98 Å². The van der Waals surface area contributed by atoms with Gasteiger partial charge in [0.2, 0.25) is 0 Å². The average molecular weight is 442 g/mol. The maximum absolute atomic E-state index is 13.1. The predicted molar refractivity (Wildman–Crippen MR) is 124 cm³/mol. The summed E-state index contributed by atoms with van der Waals surface area (Å²) in [6, 6.07) is 12.2. The molecule has 0 unspecified atom stereocenters. The number of aryl methyl sites for hydroxylation is 2. The van der Waals surface area contributed by atoms with Crippen molar-refractivity contribution in [3.8, 4) is 0 Å². The monoisotopic (exact) mass is 441 g/mol. The molecule has 4 nitrogen and oxygen atoms in total. The minimum Gasteiger partial charge on any atom is -0.345 e. The number of carbonyl (C=O) groups is 1. The standard InChI is InChI=1S/C22H20ClN3OS2/c1-13-7-8-17-19(14(13)2)24-22(29-17)26-11-9-25(10-12-26)21(27)20-18(23)15-5-3-4-6-16(15)28-20/h3-8H,9-12H2,1-2H3. The number of hydrogen-bond acceptors (Lipinski definition) is 5. The minimum absolute atomic E-state index is 0.0339. The van der Waals surface area contributed by atoms with Crippen molar-refractivity contribution in [2.75, 3.05) is 31.1 Å². The fourth-order valence-electron chi connectivity index (χ4n) is 3.75. The third-order valence-electron chi connectivity index (χ3n) is 5.64. The number of benzene rings is 2. The molecule has 0 atom stereocenters. The van der Waals surface area contributed by atoms with Gasteiger partial charge in [-0.15, -0.1) is 11.3 Å². The van der Waals surface area contributed by atoms with E-state index >= 15 is 0 Å². The lowest BCUT2D eigenvalue weighted by molar-refractivity contribution is 0.0752. The predicted octanol–water partition coefficient (Wildman–Crippen LogP) is 5.74. The molecule has 5 rings (SSSR count). The van der Waals surface area contributed by atoms with Crippen molar-refractivity contribution in [1.29, 1.82) is 0 Å². The molecule has 2 aromatic heterocycles. The highest BCUT2D eigenvalue weighted by atomic mass is 35.5. The van der Waals surface area contributed by atoms with Crippen LogP contribution in [0.1, 0.15) is 20.8 Å². The highest BCUT2D eigenvalue weighted by Gasteiger charge is 2.27. The van der Waals surface area contributed by atoms with Crippen LogP contribution in [0.2, 0.25) is 5.02 Å². The van der Waals surface area contributed by atoms with Crippen molar-refractivity contribution >= 4 is 65.6 Å². The lowest BCUT2D eigenvalue weighted by atomic mass is 10.1. The molecule has 0 N–H and O–H groups in total. The topological polar surface area (TPSA) is 36.4 Å². The average Bonchev–Trinajstić information content (AvgIpc) is 3.33. The van der Waals surface area contributed by atoms with E-state index in [0.717, 1.165) is 33.8 Å². The summed E-state index contributed by atoms with van der Waals surface area (Å²) in [5.74, 6) is 0.0339. The number of thiophene rings is 1. The Labute approximate surface area is 182 Å². The highest BCUT2D eigenvalue weighted by Crippen LogP contribution is 2.36. The number of amides is 1. The van der Waals surface area contributed by atoms with E-state index in [2.05, 4.69) is 30.9 Å². The van der Waals surface area contributed by atoms with E-state index < -0.39 is 0 Å². The molecule has 0 spiro atoms. The largest absolute Gasteiger partial charge is 0.345 e. The maximum Gasteiger partial charge on any atom is 0.265 e. The van der Waals surface area contributed by atoms with Crippen molar-refractivity contribution in [3.63, 3.8) is 0 Å². The number of rotatable bonds is 2. The van der Waals surface area contributed by atoms with Crippen LogP contribution in [0.15, 0.2) is 36.4 Å². The summed E-state index contributed by atoms with van der Waals surface area (Å²) in [6.45, 7) is 7.18. The lowest BCUT2D eigenvalue weighted by Gasteiger charge is -2.34. The first kappa shape index (κ1) is 18.9. The Bertz CT molecular complexity index is 1240. The van der Waals surface area contributed by atoms with Gasteiger partial charge in [0.1, 0.15) is 4.88 Å². The van der Waals surface area contributed by atoms with Gasteiger partial charge in [-0.1, -0.05) is 47.2 Å². The second kappa shape index (κ2) is 7.27. The van der Waals surface area contributed by atoms with Crippen molar-refractivity contribution < 1.29 is 4.79 Å². The van der Waals surface area contributed by atoms with Gasteiger partial charge in [-0.05, 0) is 37.1 Å². The molecule has 1 aliphatic heterocycles. The zero-order valence-corrected chi connectivity index (χ0v) is 18.6. The number of piperazine rings is 1. The van der Waals surface area contributed by atoms with Gasteiger partial charge in [0.15, 0.2) is 5.13 Å². The normalized spacial score (nSPS) is 14.9. The summed E-state index contributed by atoms with van der Waals surface area (Å²) < 4.78 is 2.28. The molecule has 0 bridgehead atoms. The lowest BCUT2D eigenvalue weighted by Crippen LogP contribution is -2.48. The molecule has 0 aliphatic carbocycles. The van der Waals surface area contributed by atoms with Gasteiger partial charge in [-0.2, -0.15) is 0 Å². The summed E-state index contributed by atoms with van der Waals surface area (Å²) in [7, 11) is 0. The first-order chi connectivity index (χ1) is 14.0. The Balaban J connectivity index is 1.34. The van der Waals surface area contributed by atoms with Crippen LogP contribution in [0.4, 0.5) is 5.13 Å². The number of aromatic nitrogens is 1. The zero-order valence-electron chi connectivity index (χ0n) is 16.2. The molecule has 4 aromatic rings. The van der Waals surface area contributed by atoms with E-state index in [1.165, 1.54) is 27.2 Å². The third kappa shape index (κ3) is 3.19. The Morgan fingerprint density at radius 1 is 1.00 bits per heavy atom. The van der Waals surface area contributed by atoms with Gasteiger partial charge in [0, 0.05) is 36.3 Å². The summed E-state index contributed by atoms with van der Waals surface area (Å²) in [5, 5.41) is 2.58. The maximum atomic E-state index is 13.1. The second-order valence-corrected chi connectivity index (χ2v) is 9.81. The fourth-order valence-corrected chi connectivity index (χ4v) is 6.30. The molecular weight excluding hydrogens is 422 g/mol. The Hall–Kier alpha value is -2.15. The van der Waals surface area contributed by atoms with Crippen LogP contribution in [0.25, 0.3) is 20.3 Å². The van der Waals surface area contributed by atoms with Crippen LogP contribution in [-0.4, -0.2) is 42.0 Å². The van der Waals surface area contributed by atoms with Gasteiger partial charge >= 0.3 is 0 Å². The van der Waals surface area contributed by atoms with Crippen LogP contribution < -0.4 is 4.90 Å². The number of nitrogens with zero attached hydrogens (tertiary/aromatic N) is 3. The van der Waals surface area contributed by atoms with Gasteiger partial charge < -0.3 is 9.80 Å². The molecule has 1 saturated heterocycles. The van der Waals surface area contributed by atoms with Crippen LogP contribution in [0, 0.1) is 13.8 Å². The molecule has 0 radical (unpaired) electrons. The van der Waals surface area contributed by atoms with Crippen LogP contribution in [0.3, 0.4) is 0 Å². The molecule has 7 heteroatoms. The van der Waals surface area contributed by atoms with Gasteiger partial charge in [0.25, 0.3) is 5.91 Å². The number of carbonyl (C=O) groups excluding carboxylic acids is 1. The van der Waals surface area contributed by atoms with E-state index in [9.17, 15) is 4.79 Å². The van der Waals surface area contributed by atoms with Crippen molar-refractivity contribution in [2.24, 2.45) is 0 Å². The van der Waals surface area contributed by atoms with Crippen LogP contribution >= 0.6 is 34.3 Å². The summed E-state index contributed by atoms with van der Waals surface area (Å²) in [5.41, 5.74) is 3.61. The van der Waals surface area contributed by atoms with E-state index in [1.807, 2.05) is 29.2 Å². The number of fused-ring (bicyclic) bond motifs is 2. The minimum atomic E-state index is 0.0339. The zero-order chi connectivity index (χ0) is 20.1. The van der Waals surface area contributed by atoms with Crippen molar-refractivity contribution in [2.45, 2.75) is 13.8 Å². The van der Waals surface area contributed by atoms with Crippen LogP contribution in [-0.2, 0) is 0 Å². The molecule has 1 amide bonds. The molecule has 1 fully saturated rings. The number of hydrogen-bond donors (Lipinski definition) is 0. The first-order valence-corrected chi connectivity index (χ1v) is 11.6. The van der Waals surface area contributed by atoms with E-state index in [1.54, 1.807) is 11.3 Å². The summed E-state index contributed by atoms with van der Waals surface area (Å²) in [4.78, 5) is 22.8. The summed E-state index contributed by atoms with van der Waals surface area (Å²) in [6.07, 6.45) is 0.